The van der Waals surface area contributed by atoms with Gasteiger partial charge in [-0.1, -0.05) is 18.2 Å². The maximum absolute atomic E-state index is 10.5. The second-order valence-corrected chi connectivity index (χ2v) is 6.79. The first-order valence-electron chi connectivity index (χ1n) is 9.33. The number of aromatic hydroxyl groups is 1. The van der Waals surface area contributed by atoms with Crippen molar-refractivity contribution in [2.24, 2.45) is 0 Å². The van der Waals surface area contributed by atoms with Crippen molar-refractivity contribution in [1.82, 2.24) is 19.9 Å². The highest BCUT2D eigenvalue weighted by molar-refractivity contribution is 6.07. The Morgan fingerprint density at radius 2 is 1.53 bits per heavy atom. The van der Waals surface area contributed by atoms with Crippen LogP contribution in [0, 0.1) is 0 Å². The normalized spacial score (nSPS) is 11.1. The van der Waals surface area contributed by atoms with Crippen LogP contribution in [-0.2, 0) is 0 Å². The van der Waals surface area contributed by atoms with Crippen molar-refractivity contribution in [1.29, 1.82) is 0 Å². The van der Waals surface area contributed by atoms with E-state index in [4.69, 9.17) is 9.47 Å². The van der Waals surface area contributed by atoms with Crippen molar-refractivity contribution in [3.63, 3.8) is 0 Å². The van der Waals surface area contributed by atoms with Gasteiger partial charge in [0.2, 0.25) is 5.88 Å². The van der Waals surface area contributed by atoms with Crippen molar-refractivity contribution >= 4 is 21.9 Å². The first kappa shape index (κ1) is 17.9. The van der Waals surface area contributed by atoms with Crippen molar-refractivity contribution in [2.75, 3.05) is 14.2 Å². The first-order chi connectivity index (χ1) is 14.7. The topological polar surface area (TPSA) is 93.2 Å². The van der Waals surface area contributed by atoms with Gasteiger partial charge in [-0.05, 0) is 41.5 Å². The zero-order chi connectivity index (χ0) is 20.7. The van der Waals surface area contributed by atoms with E-state index in [0.29, 0.717) is 28.4 Å². The second-order valence-electron chi connectivity index (χ2n) is 6.79. The molecule has 0 aliphatic carbocycles. The summed E-state index contributed by atoms with van der Waals surface area (Å²) < 4.78 is 10.7. The van der Waals surface area contributed by atoms with Crippen LogP contribution in [0.5, 0.6) is 17.4 Å². The molecule has 0 aliphatic rings. The third-order valence-corrected chi connectivity index (χ3v) is 5.08. The lowest BCUT2D eigenvalue weighted by Crippen LogP contribution is -1.91. The van der Waals surface area contributed by atoms with Crippen LogP contribution in [0.15, 0.2) is 60.9 Å². The number of ether oxygens (including phenoxy) is 2. The van der Waals surface area contributed by atoms with Gasteiger partial charge in [-0.3, -0.25) is 4.98 Å². The summed E-state index contributed by atoms with van der Waals surface area (Å²) in [6.07, 6.45) is 3.34. The third-order valence-electron chi connectivity index (χ3n) is 5.08. The Balaban J connectivity index is 1.66. The zero-order valence-electron chi connectivity index (χ0n) is 16.4. The SMILES string of the molecule is COc1ccc(-c2ccc3c(c2)[nH]c2c(O)nc(-c4ccncc4)nc23)cc1OC. The number of nitrogens with one attached hydrogen (secondary N) is 1. The minimum atomic E-state index is -0.0873. The molecule has 0 saturated heterocycles. The largest absolute Gasteiger partial charge is 0.493 e. The van der Waals surface area contributed by atoms with Gasteiger partial charge in [-0.15, -0.1) is 0 Å². The first-order valence-corrected chi connectivity index (χ1v) is 9.33. The number of benzene rings is 2. The summed E-state index contributed by atoms with van der Waals surface area (Å²) >= 11 is 0. The molecule has 0 amide bonds. The zero-order valence-corrected chi connectivity index (χ0v) is 16.4. The lowest BCUT2D eigenvalue weighted by molar-refractivity contribution is 0.355. The number of nitrogens with zero attached hydrogens (tertiary/aromatic N) is 3. The highest BCUT2D eigenvalue weighted by atomic mass is 16.5. The van der Waals surface area contributed by atoms with Crippen LogP contribution in [-0.4, -0.2) is 39.3 Å². The average molecular weight is 398 g/mol. The van der Waals surface area contributed by atoms with Crippen molar-refractivity contribution in [2.45, 2.75) is 0 Å². The van der Waals surface area contributed by atoms with Crippen LogP contribution in [0.4, 0.5) is 0 Å². The summed E-state index contributed by atoms with van der Waals surface area (Å²) in [5, 5.41) is 11.4. The Morgan fingerprint density at radius 3 is 2.30 bits per heavy atom. The molecular formula is C23H18N4O3. The standard InChI is InChI=1S/C23H18N4O3/c1-29-18-6-4-15(12-19(18)30-2)14-3-5-16-17(11-14)25-21-20(16)26-22(27-23(21)28)13-7-9-24-10-8-13/h3-12,25H,1-2H3,(H,26,27,28). The van der Waals surface area contributed by atoms with Gasteiger partial charge in [0.1, 0.15) is 11.0 Å². The van der Waals surface area contributed by atoms with Crippen molar-refractivity contribution in [3.05, 3.63) is 60.9 Å². The number of fused-ring (bicyclic) bond motifs is 3. The second kappa shape index (κ2) is 7.04. The van der Waals surface area contributed by atoms with E-state index in [1.165, 1.54) is 0 Å². The van der Waals surface area contributed by atoms with E-state index >= 15 is 0 Å². The minimum absolute atomic E-state index is 0.0873. The fraction of sp³-hybridized carbons (Fsp3) is 0.0870. The number of aromatic amines is 1. The Labute approximate surface area is 172 Å². The van der Waals surface area contributed by atoms with Gasteiger partial charge < -0.3 is 19.6 Å². The van der Waals surface area contributed by atoms with Crippen LogP contribution in [0.2, 0.25) is 0 Å². The number of methoxy groups -OCH3 is 2. The Kier molecular flexibility index (Phi) is 4.21. The van der Waals surface area contributed by atoms with Crippen molar-refractivity contribution < 1.29 is 14.6 Å². The smallest absolute Gasteiger partial charge is 0.239 e. The molecule has 2 aromatic carbocycles. The van der Waals surface area contributed by atoms with Gasteiger partial charge in [0.05, 0.1) is 14.2 Å². The Bertz CT molecular complexity index is 1380. The van der Waals surface area contributed by atoms with Gasteiger partial charge in [-0.2, -0.15) is 4.98 Å². The molecule has 0 unspecified atom stereocenters. The number of H-pyrrole nitrogens is 1. The maximum Gasteiger partial charge on any atom is 0.239 e. The van der Waals surface area contributed by atoms with Crippen LogP contribution in [0.3, 0.4) is 0 Å². The average Bonchev–Trinajstić information content (AvgIpc) is 3.17. The van der Waals surface area contributed by atoms with Crippen LogP contribution < -0.4 is 9.47 Å². The van der Waals surface area contributed by atoms with E-state index in [1.807, 2.05) is 48.5 Å². The lowest BCUT2D eigenvalue weighted by atomic mass is 10.0. The van der Waals surface area contributed by atoms with E-state index in [9.17, 15) is 5.11 Å². The summed E-state index contributed by atoms with van der Waals surface area (Å²) in [4.78, 5) is 16.2. The quantitative estimate of drug-likeness (QED) is 0.461. The van der Waals surface area contributed by atoms with E-state index in [2.05, 4.69) is 19.9 Å². The minimum Gasteiger partial charge on any atom is -0.493 e. The molecule has 5 aromatic rings. The molecule has 0 saturated carbocycles. The van der Waals surface area contributed by atoms with E-state index in [1.54, 1.807) is 26.6 Å². The molecule has 30 heavy (non-hydrogen) atoms. The molecule has 0 radical (unpaired) electrons. The summed E-state index contributed by atoms with van der Waals surface area (Å²) in [6.45, 7) is 0. The van der Waals surface area contributed by atoms with Gasteiger partial charge in [0.25, 0.3) is 0 Å². The summed E-state index contributed by atoms with van der Waals surface area (Å²) in [6, 6.07) is 15.4. The molecule has 0 atom stereocenters. The van der Waals surface area contributed by atoms with Crippen molar-refractivity contribution in [3.8, 4) is 39.9 Å². The molecule has 3 aromatic heterocycles. The number of rotatable bonds is 4. The van der Waals surface area contributed by atoms with Gasteiger partial charge >= 0.3 is 0 Å². The lowest BCUT2D eigenvalue weighted by Gasteiger charge is -2.09. The molecule has 148 valence electrons. The number of pyridine rings is 1. The van der Waals surface area contributed by atoms with Crippen LogP contribution in [0.1, 0.15) is 0 Å². The predicted octanol–water partition coefficient (Wildman–Crippen LogP) is 4.56. The molecule has 7 heteroatoms. The third kappa shape index (κ3) is 2.88. The monoisotopic (exact) mass is 398 g/mol. The molecule has 0 bridgehead atoms. The van der Waals surface area contributed by atoms with Gasteiger partial charge in [0, 0.05) is 28.9 Å². The van der Waals surface area contributed by atoms with Crippen LogP contribution >= 0.6 is 0 Å². The maximum atomic E-state index is 10.5. The molecule has 3 heterocycles. The van der Waals surface area contributed by atoms with E-state index in [0.717, 1.165) is 27.6 Å². The Morgan fingerprint density at radius 1 is 0.800 bits per heavy atom. The number of hydrogen-bond acceptors (Lipinski definition) is 6. The molecule has 0 fully saturated rings. The van der Waals surface area contributed by atoms with Gasteiger partial charge in [0.15, 0.2) is 17.3 Å². The predicted molar refractivity (Wildman–Crippen MR) is 115 cm³/mol. The Hall–Kier alpha value is -4.13. The number of aromatic nitrogens is 4. The van der Waals surface area contributed by atoms with E-state index < -0.39 is 0 Å². The molecule has 0 aliphatic heterocycles. The molecule has 2 N–H and O–H groups in total. The number of hydrogen-bond donors (Lipinski definition) is 2. The fourth-order valence-corrected chi connectivity index (χ4v) is 3.57. The van der Waals surface area contributed by atoms with Gasteiger partial charge in [-0.25, -0.2) is 4.98 Å². The molecular weight excluding hydrogens is 380 g/mol. The van der Waals surface area contributed by atoms with Crippen LogP contribution in [0.25, 0.3) is 44.5 Å². The molecule has 7 nitrogen and oxygen atoms in total. The molecule has 5 rings (SSSR count). The fourth-order valence-electron chi connectivity index (χ4n) is 3.57. The van der Waals surface area contributed by atoms with E-state index in [-0.39, 0.29) is 5.88 Å². The highest BCUT2D eigenvalue weighted by Crippen LogP contribution is 2.36. The highest BCUT2D eigenvalue weighted by Gasteiger charge is 2.15. The summed E-state index contributed by atoms with van der Waals surface area (Å²) in [7, 11) is 3.23. The molecule has 0 spiro atoms. The summed E-state index contributed by atoms with van der Waals surface area (Å²) in [5.41, 5.74) is 4.81. The summed E-state index contributed by atoms with van der Waals surface area (Å²) in [5.74, 6) is 1.71.